The zero-order valence-corrected chi connectivity index (χ0v) is 15.2. The van der Waals surface area contributed by atoms with E-state index < -0.39 is 10.0 Å². The number of nitriles is 1. The number of benzene rings is 2. The minimum absolute atomic E-state index is 0.0965. The van der Waals surface area contributed by atoms with Crippen LogP contribution in [0.4, 0.5) is 5.69 Å². The Kier molecular flexibility index (Phi) is 5.62. The van der Waals surface area contributed by atoms with Gasteiger partial charge in [0.15, 0.2) is 0 Å². The third kappa shape index (κ3) is 3.90. The molecule has 7 nitrogen and oxygen atoms in total. The van der Waals surface area contributed by atoms with Crippen molar-refractivity contribution in [3.05, 3.63) is 40.9 Å². The van der Waals surface area contributed by atoms with Crippen molar-refractivity contribution in [2.75, 3.05) is 26.1 Å². The van der Waals surface area contributed by atoms with E-state index >= 15 is 0 Å². The number of hydrogen-bond acceptors (Lipinski definition) is 6. The summed E-state index contributed by atoms with van der Waals surface area (Å²) >= 11 is 6.01. The van der Waals surface area contributed by atoms with Crippen LogP contribution in [0.3, 0.4) is 0 Å². The number of anilines is 1. The molecule has 25 heavy (non-hydrogen) atoms. The third-order valence-corrected chi connectivity index (χ3v) is 4.98. The van der Waals surface area contributed by atoms with Crippen molar-refractivity contribution in [3.63, 3.8) is 0 Å². The van der Waals surface area contributed by atoms with Crippen molar-refractivity contribution < 1.29 is 22.6 Å². The Morgan fingerprint density at radius 2 is 1.64 bits per heavy atom. The molecule has 0 saturated carbocycles. The van der Waals surface area contributed by atoms with E-state index in [1.54, 1.807) is 0 Å². The SMILES string of the molecule is COc1cc(NS(=O)(=O)c2ccc(OC)c(C#N)c2)c(OC)cc1Cl. The van der Waals surface area contributed by atoms with Crippen LogP contribution < -0.4 is 18.9 Å². The molecule has 0 aromatic heterocycles. The molecule has 0 heterocycles. The number of methoxy groups -OCH3 is 3. The quantitative estimate of drug-likeness (QED) is 0.824. The fourth-order valence-electron chi connectivity index (χ4n) is 2.09. The first-order valence-corrected chi connectivity index (χ1v) is 8.75. The van der Waals surface area contributed by atoms with Crippen LogP contribution in [0.5, 0.6) is 17.2 Å². The molecule has 0 fully saturated rings. The molecule has 0 unspecified atom stereocenters. The maximum atomic E-state index is 12.6. The topological polar surface area (TPSA) is 97.6 Å². The summed E-state index contributed by atoms with van der Waals surface area (Å²) in [5.74, 6) is 0.795. The molecule has 0 amide bonds. The lowest BCUT2D eigenvalue weighted by Crippen LogP contribution is -2.14. The van der Waals surface area contributed by atoms with Gasteiger partial charge in [0.2, 0.25) is 0 Å². The number of hydrogen-bond donors (Lipinski definition) is 1. The van der Waals surface area contributed by atoms with Crippen molar-refractivity contribution in [2.24, 2.45) is 0 Å². The maximum absolute atomic E-state index is 12.6. The van der Waals surface area contributed by atoms with E-state index in [-0.39, 0.29) is 38.4 Å². The van der Waals surface area contributed by atoms with Crippen LogP contribution in [0.25, 0.3) is 0 Å². The van der Waals surface area contributed by atoms with Crippen molar-refractivity contribution in [1.29, 1.82) is 5.26 Å². The van der Waals surface area contributed by atoms with Crippen LogP contribution in [-0.2, 0) is 10.0 Å². The van der Waals surface area contributed by atoms with Gasteiger partial charge in [0.1, 0.15) is 23.3 Å². The number of sulfonamides is 1. The summed E-state index contributed by atoms with van der Waals surface area (Å²) < 4.78 is 42.9. The molecular formula is C16H15ClN2O5S. The Bertz CT molecular complexity index is 938. The molecule has 0 aliphatic carbocycles. The molecule has 0 radical (unpaired) electrons. The smallest absolute Gasteiger partial charge is 0.262 e. The van der Waals surface area contributed by atoms with E-state index in [0.29, 0.717) is 0 Å². The fourth-order valence-corrected chi connectivity index (χ4v) is 3.40. The highest BCUT2D eigenvalue weighted by molar-refractivity contribution is 7.92. The molecule has 1 N–H and O–H groups in total. The van der Waals surface area contributed by atoms with Crippen LogP contribution in [0.15, 0.2) is 35.2 Å². The molecule has 132 valence electrons. The molecule has 0 atom stereocenters. The van der Waals surface area contributed by atoms with Gasteiger partial charge in [-0.3, -0.25) is 4.72 Å². The monoisotopic (exact) mass is 382 g/mol. The van der Waals surface area contributed by atoms with E-state index in [0.717, 1.165) is 0 Å². The highest BCUT2D eigenvalue weighted by Crippen LogP contribution is 2.37. The highest BCUT2D eigenvalue weighted by Gasteiger charge is 2.20. The van der Waals surface area contributed by atoms with Crippen molar-refractivity contribution in [3.8, 4) is 23.3 Å². The van der Waals surface area contributed by atoms with Gasteiger partial charge in [-0.2, -0.15) is 5.26 Å². The van der Waals surface area contributed by atoms with E-state index in [1.807, 2.05) is 6.07 Å². The first-order chi connectivity index (χ1) is 11.9. The van der Waals surface area contributed by atoms with Crippen LogP contribution in [-0.4, -0.2) is 29.7 Å². The van der Waals surface area contributed by atoms with Gasteiger partial charge >= 0.3 is 0 Å². The summed E-state index contributed by atoms with van der Waals surface area (Å²) in [7, 11) is 0.217. The van der Waals surface area contributed by atoms with Gasteiger partial charge in [0.05, 0.1) is 42.5 Å². The largest absolute Gasteiger partial charge is 0.495 e. The van der Waals surface area contributed by atoms with Gasteiger partial charge in [-0.1, -0.05) is 11.6 Å². The lowest BCUT2D eigenvalue weighted by atomic mass is 10.2. The standard InChI is InChI=1S/C16H15ClN2O5S/c1-22-14-5-4-11(6-10(14)9-18)25(20,21)19-13-8-15(23-2)12(17)7-16(13)24-3/h4-8,19H,1-3H3. The van der Waals surface area contributed by atoms with Gasteiger partial charge in [0.25, 0.3) is 10.0 Å². The van der Waals surface area contributed by atoms with E-state index in [4.69, 9.17) is 31.1 Å². The maximum Gasteiger partial charge on any atom is 0.262 e. The molecule has 0 bridgehead atoms. The van der Waals surface area contributed by atoms with Crippen LogP contribution in [0.2, 0.25) is 5.02 Å². The Balaban J connectivity index is 2.48. The molecule has 0 saturated heterocycles. The zero-order chi connectivity index (χ0) is 18.6. The van der Waals surface area contributed by atoms with Gasteiger partial charge in [-0.15, -0.1) is 0 Å². The third-order valence-electron chi connectivity index (χ3n) is 3.32. The molecule has 2 aromatic rings. The first kappa shape index (κ1) is 18.7. The van der Waals surface area contributed by atoms with Gasteiger partial charge < -0.3 is 14.2 Å². The molecule has 2 aromatic carbocycles. The predicted molar refractivity (Wildman–Crippen MR) is 93.1 cm³/mol. The van der Waals surface area contributed by atoms with Crippen LogP contribution >= 0.6 is 11.6 Å². The highest BCUT2D eigenvalue weighted by atomic mass is 35.5. The van der Waals surface area contributed by atoms with E-state index in [1.165, 1.54) is 51.7 Å². The Labute approximate surface area is 150 Å². The molecular weight excluding hydrogens is 368 g/mol. The zero-order valence-electron chi connectivity index (χ0n) is 13.7. The molecule has 0 aliphatic heterocycles. The summed E-state index contributed by atoms with van der Waals surface area (Å²) in [5.41, 5.74) is 0.254. The van der Waals surface area contributed by atoms with Crippen molar-refractivity contribution in [1.82, 2.24) is 0 Å². The van der Waals surface area contributed by atoms with Gasteiger partial charge in [0, 0.05) is 12.1 Å². The lowest BCUT2D eigenvalue weighted by Gasteiger charge is -2.14. The van der Waals surface area contributed by atoms with Crippen molar-refractivity contribution in [2.45, 2.75) is 4.90 Å². The first-order valence-electron chi connectivity index (χ1n) is 6.88. The number of halogens is 1. The second-order valence-corrected chi connectivity index (χ2v) is 6.86. The second-order valence-electron chi connectivity index (χ2n) is 4.77. The van der Waals surface area contributed by atoms with Gasteiger partial charge in [-0.25, -0.2) is 8.42 Å². The fraction of sp³-hybridized carbons (Fsp3) is 0.188. The molecule has 0 spiro atoms. The second kappa shape index (κ2) is 7.51. The normalized spacial score (nSPS) is 10.7. The average Bonchev–Trinajstić information content (AvgIpc) is 2.61. The molecule has 2 rings (SSSR count). The van der Waals surface area contributed by atoms with Crippen molar-refractivity contribution >= 4 is 27.3 Å². The average molecular weight is 383 g/mol. The summed E-state index contributed by atoms with van der Waals surface area (Å²) in [4.78, 5) is -0.0965. The molecule has 9 heteroatoms. The van der Waals surface area contributed by atoms with E-state index in [9.17, 15) is 8.42 Å². The summed E-state index contributed by atoms with van der Waals surface area (Å²) in [6.07, 6.45) is 0. The van der Waals surface area contributed by atoms with E-state index in [2.05, 4.69) is 4.72 Å². The number of ether oxygens (including phenoxy) is 3. The number of nitrogens with zero attached hydrogens (tertiary/aromatic N) is 1. The summed E-state index contributed by atoms with van der Waals surface area (Å²) in [6, 6.07) is 8.71. The number of rotatable bonds is 6. The predicted octanol–water partition coefficient (Wildman–Crippen LogP) is 3.04. The minimum atomic E-state index is -3.98. The Morgan fingerprint density at radius 3 is 2.20 bits per heavy atom. The van der Waals surface area contributed by atoms with Gasteiger partial charge in [-0.05, 0) is 18.2 Å². The Hall–Kier alpha value is -2.63. The lowest BCUT2D eigenvalue weighted by molar-refractivity contribution is 0.405. The summed E-state index contributed by atoms with van der Waals surface area (Å²) in [6.45, 7) is 0. The molecule has 0 aliphatic rings. The minimum Gasteiger partial charge on any atom is -0.495 e. The van der Waals surface area contributed by atoms with Crippen LogP contribution in [0, 0.1) is 11.3 Å². The van der Waals surface area contributed by atoms with Crippen LogP contribution in [0.1, 0.15) is 5.56 Å². The Morgan fingerprint density at radius 1 is 1.00 bits per heavy atom. The summed E-state index contributed by atoms with van der Waals surface area (Å²) in [5, 5.41) is 9.39. The number of nitrogens with one attached hydrogen (secondary N) is 1.